The van der Waals surface area contributed by atoms with Crippen LogP contribution in [0.5, 0.6) is 0 Å². The highest BCUT2D eigenvalue weighted by Crippen LogP contribution is 2.23. The Kier molecular flexibility index (Phi) is 5.09. The summed E-state index contributed by atoms with van der Waals surface area (Å²) in [5.41, 5.74) is 0.228. The Balaban J connectivity index is 1.85. The maximum atomic E-state index is 13.8. The maximum Gasteiger partial charge on any atom is 0.274 e. The van der Waals surface area contributed by atoms with Crippen molar-refractivity contribution in [3.8, 4) is 0 Å². The van der Waals surface area contributed by atoms with Gasteiger partial charge in [0.15, 0.2) is 0 Å². The summed E-state index contributed by atoms with van der Waals surface area (Å²) in [6.07, 6.45) is 0. The first-order valence-corrected chi connectivity index (χ1v) is 7.94. The molecule has 1 heterocycles. The van der Waals surface area contributed by atoms with E-state index in [2.05, 4.69) is 20.6 Å². The molecule has 0 atom stereocenters. The molecule has 0 aliphatic rings. The van der Waals surface area contributed by atoms with Gasteiger partial charge in [-0.15, -0.1) is 0 Å². The Hall–Kier alpha value is -3.06. The molecule has 1 amide bonds. The highest BCUT2D eigenvalue weighted by Gasteiger charge is 2.14. The SMILES string of the molecule is Cc1nc(Nc2c(F)cccc2F)cc(C(=O)Nc2ccc(Cl)cc2)n1. The number of carbonyl (C=O) groups is 1. The number of carbonyl (C=O) groups excluding carboxylic acids is 1. The fourth-order valence-electron chi connectivity index (χ4n) is 2.22. The molecule has 0 fully saturated rings. The van der Waals surface area contributed by atoms with Crippen molar-refractivity contribution in [1.29, 1.82) is 0 Å². The maximum absolute atomic E-state index is 13.8. The van der Waals surface area contributed by atoms with Gasteiger partial charge in [-0.25, -0.2) is 18.7 Å². The number of anilines is 3. The number of hydrogen-bond donors (Lipinski definition) is 2. The van der Waals surface area contributed by atoms with E-state index < -0.39 is 17.5 Å². The average molecular weight is 375 g/mol. The van der Waals surface area contributed by atoms with Crippen molar-refractivity contribution in [1.82, 2.24) is 9.97 Å². The molecule has 3 rings (SSSR count). The van der Waals surface area contributed by atoms with Crippen molar-refractivity contribution in [2.75, 3.05) is 10.6 Å². The van der Waals surface area contributed by atoms with Gasteiger partial charge >= 0.3 is 0 Å². The second-order valence-corrected chi connectivity index (χ2v) is 5.80. The van der Waals surface area contributed by atoms with E-state index in [1.165, 1.54) is 12.1 Å². The van der Waals surface area contributed by atoms with Crippen LogP contribution in [-0.4, -0.2) is 15.9 Å². The van der Waals surface area contributed by atoms with Crippen molar-refractivity contribution in [2.24, 2.45) is 0 Å². The van der Waals surface area contributed by atoms with Gasteiger partial charge in [0.2, 0.25) is 0 Å². The lowest BCUT2D eigenvalue weighted by molar-refractivity contribution is 0.102. The van der Waals surface area contributed by atoms with Gasteiger partial charge < -0.3 is 10.6 Å². The van der Waals surface area contributed by atoms with E-state index in [0.717, 1.165) is 12.1 Å². The Morgan fingerprint density at radius 2 is 1.69 bits per heavy atom. The van der Waals surface area contributed by atoms with E-state index in [0.29, 0.717) is 10.7 Å². The van der Waals surface area contributed by atoms with E-state index in [9.17, 15) is 13.6 Å². The number of hydrogen-bond acceptors (Lipinski definition) is 4. The number of aromatic nitrogens is 2. The summed E-state index contributed by atoms with van der Waals surface area (Å²) in [4.78, 5) is 20.5. The lowest BCUT2D eigenvalue weighted by Gasteiger charge is -2.10. The molecule has 1 aromatic heterocycles. The van der Waals surface area contributed by atoms with Gasteiger partial charge in [0.25, 0.3) is 5.91 Å². The topological polar surface area (TPSA) is 66.9 Å². The summed E-state index contributed by atoms with van der Waals surface area (Å²) >= 11 is 5.81. The van der Waals surface area contributed by atoms with Crippen molar-refractivity contribution in [2.45, 2.75) is 6.92 Å². The van der Waals surface area contributed by atoms with Gasteiger partial charge in [-0.05, 0) is 43.3 Å². The molecule has 0 bridgehead atoms. The second kappa shape index (κ2) is 7.45. The van der Waals surface area contributed by atoms with Crippen LogP contribution in [0.25, 0.3) is 0 Å². The largest absolute Gasteiger partial charge is 0.335 e. The molecule has 0 saturated heterocycles. The van der Waals surface area contributed by atoms with Crippen LogP contribution in [0.1, 0.15) is 16.3 Å². The molecular formula is C18H13ClF2N4O. The summed E-state index contributed by atoms with van der Waals surface area (Å²) in [6.45, 7) is 1.57. The molecule has 0 radical (unpaired) electrons. The lowest BCUT2D eigenvalue weighted by atomic mass is 10.2. The van der Waals surface area contributed by atoms with Gasteiger partial charge in [0, 0.05) is 16.8 Å². The predicted octanol–water partition coefficient (Wildman–Crippen LogP) is 4.71. The minimum absolute atomic E-state index is 0.0479. The number of nitrogens with zero attached hydrogens (tertiary/aromatic N) is 2. The van der Waals surface area contributed by atoms with Crippen LogP contribution in [0.3, 0.4) is 0 Å². The molecule has 8 heteroatoms. The Morgan fingerprint density at radius 1 is 1.04 bits per heavy atom. The fourth-order valence-corrected chi connectivity index (χ4v) is 2.35. The number of rotatable bonds is 4. The van der Waals surface area contributed by atoms with Crippen LogP contribution in [-0.2, 0) is 0 Å². The van der Waals surface area contributed by atoms with Crippen LogP contribution < -0.4 is 10.6 Å². The van der Waals surface area contributed by atoms with Crippen LogP contribution >= 0.6 is 11.6 Å². The highest BCUT2D eigenvalue weighted by atomic mass is 35.5. The van der Waals surface area contributed by atoms with Crippen molar-refractivity contribution >= 4 is 34.7 Å². The number of nitrogens with one attached hydrogen (secondary N) is 2. The number of aryl methyl sites for hydroxylation is 1. The zero-order chi connectivity index (χ0) is 18.7. The number of benzene rings is 2. The lowest BCUT2D eigenvalue weighted by Crippen LogP contribution is -2.15. The van der Waals surface area contributed by atoms with Gasteiger partial charge in [-0.3, -0.25) is 4.79 Å². The first-order chi connectivity index (χ1) is 12.4. The number of halogens is 3. The predicted molar refractivity (Wildman–Crippen MR) is 95.8 cm³/mol. The van der Waals surface area contributed by atoms with E-state index in [1.54, 1.807) is 31.2 Å². The molecule has 0 spiro atoms. The zero-order valence-electron chi connectivity index (χ0n) is 13.6. The molecule has 2 aromatic carbocycles. The Labute approximate surface area is 153 Å². The minimum atomic E-state index is -0.770. The van der Waals surface area contributed by atoms with Crippen LogP contribution in [0.2, 0.25) is 5.02 Å². The van der Waals surface area contributed by atoms with Gasteiger partial charge in [-0.1, -0.05) is 17.7 Å². The zero-order valence-corrected chi connectivity index (χ0v) is 14.3. The smallest absolute Gasteiger partial charge is 0.274 e. The Bertz CT molecular complexity index is 944. The summed E-state index contributed by atoms with van der Waals surface area (Å²) in [5, 5.41) is 5.75. The first-order valence-electron chi connectivity index (χ1n) is 7.56. The number of amides is 1. The van der Waals surface area contributed by atoms with Gasteiger partial charge in [0.1, 0.15) is 34.7 Å². The molecule has 0 unspecified atom stereocenters. The minimum Gasteiger partial charge on any atom is -0.335 e. The third kappa shape index (κ3) is 4.12. The molecule has 5 nitrogen and oxygen atoms in total. The van der Waals surface area contributed by atoms with Gasteiger partial charge in [-0.2, -0.15) is 0 Å². The molecule has 3 aromatic rings. The van der Waals surface area contributed by atoms with E-state index >= 15 is 0 Å². The quantitative estimate of drug-likeness (QED) is 0.694. The first kappa shape index (κ1) is 17.8. The molecule has 0 saturated carbocycles. The second-order valence-electron chi connectivity index (χ2n) is 5.37. The van der Waals surface area contributed by atoms with Gasteiger partial charge in [0.05, 0.1) is 0 Å². The van der Waals surface area contributed by atoms with E-state index in [-0.39, 0.29) is 23.0 Å². The van der Waals surface area contributed by atoms with Crippen LogP contribution in [0.4, 0.5) is 26.0 Å². The summed E-state index contributed by atoms with van der Waals surface area (Å²) in [7, 11) is 0. The van der Waals surface area contributed by atoms with Crippen molar-refractivity contribution in [3.05, 3.63) is 76.7 Å². The van der Waals surface area contributed by atoms with Crippen molar-refractivity contribution < 1.29 is 13.6 Å². The standard InChI is InChI=1S/C18H13ClF2N4O/c1-10-22-15(18(26)24-12-7-5-11(19)6-8-12)9-16(23-10)25-17-13(20)3-2-4-14(17)21/h2-9H,1H3,(H,24,26)(H,22,23,25). The average Bonchev–Trinajstić information content (AvgIpc) is 2.60. The third-order valence-corrected chi connectivity index (χ3v) is 3.64. The molecule has 2 N–H and O–H groups in total. The van der Waals surface area contributed by atoms with Crippen molar-refractivity contribution in [3.63, 3.8) is 0 Å². The number of para-hydroxylation sites is 1. The normalized spacial score (nSPS) is 10.5. The van der Waals surface area contributed by atoms with Crippen LogP contribution in [0, 0.1) is 18.6 Å². The summed E-state index contributed by atoms with van der Waals surface area (Å²) in [5.74, 6) is -1.66. The van der Waals surface area contributed by atoms with E-state index in [4.69, 9.17) is 11.6 Å². The van der Waals surface area contributed by atoms with Crippen LogP contribution in [0.15, 0.2) is 48.5 Å². The Morgan fingerprint density at radius 3 is 2.35 bits per heavy atom. The highest BCUT2D eigenvalue weighted by molar-refractivity contribution is 6.30. The third-order valence-electron chi connectivity index (χ3n) is 3.39. The molecule has 132 valence electrons. The molecule has 0 aliphatic heterocycles. The monoisotopic (exact) mass is 374 g/mol. The fraction of sp³-hybridized carbons (Fsp3) is 0.0556. The molecular weight excluding hydrogens is 362 g/mol. The molecule has 0 aliphatic carbocycles. The van der Waals surface area contributed by atoms with E-state index in [1.807, 2.05) is 0 Å². The molecule has 26 heavy (non-hydrogen) atoms. The summed E-state index contributed by atoms with van der Waals surface area (Å²) < 4.78 is 27.6. The summed E-state index contributed by atoms with van der Waals surface area (Å²) in [6, 6.07) is 11.4.